The molecular formula is C19H25NO4. The topological polar surface area (TPSA) is 71.7 Å². The minimum Gasteiger partial charge on any atom is -0.481 e. The fraction of sp³-hybridized carbons (Fsp3) is 0.421. The highest BCUT2D eigenvalue weighted by Crippen LogP contribution is 2.26. The minimum absolute atomic E-state index is 0.00609. The maximum atomic E-state index is 12.3. The van der Waals surface area contributed by atoms with Crippen molar-refractivity contribution in [3.63, 3.8) is 0 Å². The highest BCUT2D eigenvalue weighted by Gasteiger charge is 2.22. The predicted molar refractivity (Wildman–Crippen MR) is 91.9 cm³/mol. The number of carbonyl (C=O) groups excluding carboxylic acids is 1. The van der Waals surface area contributed by atoms with E-state index in [1.807, 2.05) is 24.3 Å². The summed E-state index contributed by atoms with van der Waals surface area (Å²) in [5.41, 5.74) is 1.14. The highest BCUT2D eigenvalue weighted by molar-refractivity contribution is 5.81. The molecule has 2 atom stereocenters. The van der Waals surface area contributed by atoms with Gasteiger partial charge in [0.1, 0.15) is 17.6 Å². The zero-order valence-electron chi connectivity index (χ0n) is 14.6. The SMILES string of the molecule is CC(Oc1cccc(C(C)(C)C)c1)C(=O)NC(CO)c1ccco1. The minimum atomic E-state index is -0.691. The van der Waals surface area contributed by atoms with Gasteiger partial charge in [-0.15, -0.1) is 0 Å². The molecule has 1 aromatic carbocycles. The highest BCUT2D eigenvalue weighted by atomic mass is 16.5. The first kappa shape index (κ1) is 18.1. The average molecular weight is 331 g/mol. The molecule has 0 radical (unpaired) electrons. The lowest BCUT2D eigenvalue weighted by molar-refractivity contribution is -0.128. The molecule has 0 aliphatic rings. The Kier molecular flexibility index (Phi) is 5.67. The van der Waals surface area contributed by atoms with E-state index in [-0.39, 0.29) is 17.9 Å². The van der Waals surface area contributed by atoms with Crippen LogP contribution >= 0.6 is 0 Å². The molecule has 2 N–H and O–H groups in total. The number of furan rings is 1. The van der Waals surface area contributed by atoms with Gasteiger partial charge in [-0.25, -0.2) is 0 Å². The summed E-state index contributed by atoms with van der Waals surface area (Å²) in [5, 5.41) is 12.2. The summed E-state index contributed by atoms with van der Waals surface area (Å²) in [6.45, 7) is 7.80. The lowest BCUT2D eigenvalue weighted by atomic mass is 9.87. The van der Waals surface area contributed by atoms with Crippen molar-refractivity contribution in [3.8, 4) is 5.75 Å². The van der Waals surface area contributed by atoms with Gasteiger partial charge in [-0.3, -0.25) is 4.79 Å². The van der Waals surface area contributed by atoms with E-state index >= 15 is 0 Å². The van der Waals surface area contributed by atoms with Crippen molar-refractivity contribution < 1.29 is 19.1 Å². The molecule has 0 fully saturated rings. The van der Waals surface area contributed by atoms with E-state index in [4.69, 9.17) is 9.15 Å². The number of hydrogen-bond acceptors (Lipinski definition) is 4. The van der Waals surface area contributed by atoms with Crippen LogP contribution in [0.3, 0.4) is 0 Å². The van der Waals surface area contributed by atoms with Crippen molar-refractivity contribution in [2.45, 2.75) is 45.3 Å². The van der Waals surface area contributed by atoms with Crippen LogP contribution in [-0.2, 0) is 10.2 Å². The van der Waals surface area contributed by atoms with Gasteiger partial charge >= 0.3 is 0 Å². The molecule has 130 valence electrons. The molecule has 2 unspecified atom stereocenters. The predicted octanol–water partition coefficient (Wildman–Crippen LogP) is 3.19. The fourth-order valence-corrected chi connectivity index (χ4v) is 2.28. The molecule has 0 saturated carbocycles. The van der Waals surface area contributed by atoms with Gasteiger partial charge in [0.05, 0.1) is 12.9 Å². The quantitative estimate of drug-likeness (QED) is 0.853. The standard InChI is InChI=1S/C19H25NO4/c1-13(18(22)20-16(12-21)17-9-6-10-23-17)24-15-8-5-7-14(11-15)19(2,3)4/h5-11,13,16,21H,12H2,1-4H3,(H,20,22). The smallest absolute Gasteiger partial charge is 0.261 e. The first-order valence-electron chi connectivity index (χ1n) is 8.03. The Balaban J connectivity index is 2.01. The van der Waals surface area contributed by atoms with Crippen molar-refractivity contribution in [1.29, 1.82) is 0 Å². The third kappa shape index (κ3) is 4.61. The van der Waals surface area contributed by atoms with Gasteiger partial charge in [0.2, 0.25) is 0 Å². The Bertz CT molecular complexity index is 658. The average Bonchev–Trinajstić information content (AvgIpc) is 3.06. The van der Waals surface area contributed by atoms with Crippen LogP contribution in [0, 0.1) is 0 Å². The molecule has 1 aromatic heterocycles. The van der Waals surface area contributed by atoms with E-state index in [9.17, 15) is 9.90 Å². The fourth-order valence-electron chi connectivity index (χ4n) is 2.28. The number of benzene rings is 1. The number of nitrogens with one attached hydrogen (secondary N) is 1. The molecule has 0 aliphatic heterocycles. The Morgan fingerprint density at radius 1 is 1.29 bits per heavy atom. The summed E-state index contributed by atoms with van der Waals surface area (Å²) >= 11 is 0. The third-order valence-electron chi connectivity index (χ3n) is 3.77. The monoisotopic (exact) mass is 331 g/mol. The van der Waals surface area contributed by atoms with Gasteiger partial charge in [0.25, 0.3) is 5.91 Å². The first-order chi connectivity index (χ1) is 11.3. The molecule has 0 spiro atoms. The zero-order chi connectivity index (χ0) is 17.7. The van der Waals surface area contributed by atoms with Gasteiger partial charge in [0.15, 0.2) is 6.10 Å². The van der Waals surface area contributed by atoms with E-state index in [0.29, 0.717) is 11.5 Å². The van der Waals surface area contributed by atoms with Crippen LogP contribution in [-0.4, -0.2) is 23.7 Å². The lowest BCUT2D eigenvalue weighted by Crippen LogP contribution is -2.39. The Labute approximate surface area is 142 Å². The summed E-state index contributed by atoms with van der Waals surface area (Å²) in [7, 11) is 0. The molecule has 0 saturated heterocycles. The van der Waals surface area contributed by atoms with Gasteiger partial charge in [-0.05, 0) is 42.2 Å². The Morgan fingerprint density at radius 2 is 2.04 bits per heavy atom. The molecule has 1 amide bonds. The number of amides is 1. The number of ether oxygens (including phenoxy) is 1. The van der Waals surface area contributed by atoms with Gasteiger partial charge in [-0.1, -0.05) is 32.9 Å². The maximum absolute atomic E-state index is 12.3. The van der Waals surface area contributed by atoms with E-state index in [0.717, 1.165) is 5.56 Å². The van der Waals surface area contributed by atoms with Crippen molar-refractivity contribution in [2.75, 3.05) is 6.61 Å². The van der Waals surface area contributed by atoms with Crippen LogP contribution in [0.5, 0.6) is 5.75 Å². The number of aliphatic hydroxyl groups is 1. The Morgan fingerprint density at radius 3 is 2.62 bits per heavy atom. The molecule has 24 heavy (non-hydrogen) atoms. The molecule has 5 nitrogen and oxygen atoms in total. The molecule has 0 aliphatic carbocycles. The third-order valence-corrected chi connectivity index (χ3v) is 3.77. The van der Waals surface area contributed by atoms with E-state index in [2.05, 4.69) is 26.1 Å². The number of rotatable bonds is 6. The van der Waals surface area contributed by atoms with Crippen LogP contribution in [0.25, 0.3) is 0 Å². The van der Waals surface area contributed by atoms with Gasteiger partial charge in [-0.2, -0.15) is 0 Å². The lowest BCUT2D eigenvalue weighted by Gasteiger charge is -2.22. The van der Waals surface area contributed by atoms with Gasteiger partial charge in [0, 0.05) is 0 Å². The normalized spacial score (nSPS) is 14.0. The summed E-state index contributed by atoms with van der Waals surface area (Å²) < 4.78 is 11.0. The summed E-state index contributed by atoms with van der Waals surface area (Å²) in [5.74, 6) is 0.836. The molecule has 0 bridgehead atoms. The molecular weight excluding hydrogens is 306 g/mol. The summed E-state index contributed by atoms with van der Waals surface area (Å²) in [4.78, 5) is 12.3. The maximum Gasteiger partial charge on any atom is 0.261 e. The van der Waals surface area contributed by atoms with Crippen LogP contribution in [0.2, 0.25) is 0 Å². The van der Waals surface area contributed by atoms with Gasteiger partial charge < -0.3 is 19.6 Å². The molecule has 2 rings (SSSR count). The summed E-state index contributed by atoms with van der Waals surface area (Å²) in [6, 6.07) is 10.6. The van der Waals surface area contributed by atoms with Crippen LogP contribution in [0.4, 0.5) is 0 Å². The molecule has 5 heteroatoms. The van der Waals surface area contributed by atoms with Crippen LogP contribution in [0.1, 0.15) is 45.1 Å². The van der Waals surface area contributed by atoms with E-state index in [1.54, 1.807) is 19.1 Å². The van der Waals surface area contributed by atoms with Crippen molar-refractivity contribution >= 4 is 5.91 Å². The zero-order valence-corrected chi connectivity index (χ0v) is 14.6. The van der Waals surface area contributed by atoms with Crippen LogP contribution < -0.4 is 10.1 Å². The van der Waals surface area contributed by atoms with Crippen molar-refractivity contribution in [3.05, 3.63) is 54.0 Å². The van der Waals surface area contributed by atoms with Crippen molar-refractivity contribution in [2.24, 2.45) is 0 Å². The molecule has 1 heterocycles. The Hall–Kier alpha value is -2.27. The van der Waals surface area contributed by atoms with Crippen LogP contribution in [0.15, 0.2) is 47.1 Å². The first-order valence-corrected chi connectivity index (χ1v) is 8.03. The van der Waals surface area contributed by atoms with E-state index in [1.165, 1.54) is 6.26 Å². The largest absolute Gasteiger partial charge is 0.481 e. The van der Waals surface area contributed by atoms with Crippen molar-refractivity contribution in [1.82, 2.24) is 5.32 Å². The second kappa shape index (κ2) is 7.53. The second-order valence-corrected chi connectivity index (χ2v) is 6.80. The summed E-state index contributed by atoms with van der Waals surface area (Å²) in [6.07, 6.45) is 0.812. The number of carbonyl (C=O) groups is 1. The second-order valence-electron chi connectivity index (χ2n) is 6.80. The number of hydrogen-bond donors (Lipinski definition) is 2. The molecule has 2 aromatic rings. The van der Waals surface area contributed by atoms with E-state index < -0.39 is 12.1 Å². The number of aliphatic hydroxyl groups excluding tert-OH is 1.